The second-order valence-electron chi connectivity index (χ2n) is 6.97. The normalized spacial score (nSPS) is 13.3. The van der Waals surface area contributed by atoms with Gasteiger partial charge in [0.2, 0.25) is 0 Å². The lowest BCUT2D eigenvalue weighted by Gasteiger charge is -2.13. The zero-order valence-corrected chi connectivity index (χ0v) is 16.2. The second-order valence-corrected chi connectivity index (χ2v) is 8.00. The molecule has 0 saturated heterocycles. The van der Waals surface area contributed by atoms with Gasteiger partial charge in [-0.15, -0.1) is 11.3 Å². The molecule has 0 aliphatic heterocycles. The first-order valence-electron chi connectivity index (χ1n) is 9.38. The zero-order valence-electron chi connectivity index (χ0n) is 15.4. The number of carbonyl (C=O) groups is 1. The van der Waals surface area contributed by atoms with Crippen LogP contribution in [-0.4, -0.2) is 20.7 Å². The van der Waals surface area contributed by atoms with E-state index in [1.165, 1.54) is 23.5 Å². The molecule has 0 fully saturated rings. The van der Waals surface area contributed by atoms with Crippen molar-refractivity contribution in [3.8, 4) is 32.3 Å². The molecule has 0 atom stereocenters. The van der Waals surface area contributed by atoms with Crippen molar-refractivity contribution < 1.29 is 9.18 Å². The molecule has 0 unspecified atom stereocenters. The molecule has 29 heavy (non-hydrogen) atoms. The van der Waals surface area contributed by atoms with Gasteiger partial charge in [-0.3, -0.25) is 9.78 Å². The van der Waals surface area contributed by atoms with Gasteiger partial charge in [-0.2, -0.15) is 0 Å². The third kappa shape index (κ3) is 3.47. The summed E-state index contributed by atoms with van der Waals surface area (Å²) in [4.78, 5) is 26.2. The lowest BCUT2D eigenvalue weighted by atomic mass is 9.94. The van der Waals surface area contributed by atoms with Gasteiger partial charge >= 0.3 is 0 Å². The number of thiazole rings is 1. The number of Topliss-reactive ketones (excluding diaryl/α,β-unsaturated/α-hetero) is 1. The average molecular weight is 401 g/mol. The van der Waals surface area contributed by atoms with Gasteiger partial charge in [0.25, 0.3) is 0 Å². The quantitative estimate of drug-likeness (QED) is 0.449. The number of fused-ring (bicyclic) bond motifs is 1. The molecule has 3 aromatic heterocycles. The Morgan fingerprint density at radius 3 is 2.72 bits per heavy atom. The molecule has 0 bridgehead atoms. The summed E-state index contributed by atoms with van der Waals surface area (Å²) in [6.45, 7) is 0. The van der Waals surface area contributed by atoms with E-state index in [2.05, 4.69) is 15.0 Å². The maximum absolute atomic E-state index is 14.3. The number of pyridine rings is 2. The molecule has 4 aromatic rings. The monoisotopic (exact) mass is 401 g/mol. The molecule has 0 amide bonds. The van der Waals surface area contributed by atoms with Crippen molar-refractivity contribution in [2.24, 2.45) is 0 Å². The summed E-state index contributed by atoms with van der Waals surface area (Å²) in [7, 11) is 0. The van der Waals surface area contributed by atoms with E-state index in [1.54, 1.807) is 18.6 Å². The fourth-order valence-electron chi connectivity index (χ4n) is 3.57. The Morgan fingerprint density at radius 1 is 0.966 bits per heavy atom. The fourth-order valence-corrected chi connectivity index (χ4v) is 4.45. The number of carbonyl (C=O) groups excluding carboxylic acids is 1. The van der Waals surface area contributed by atoms with Crippen molar-refractivity contribution in [1.82, 2.24) is 15.0 Å². The van der Waals surface area contributed by atoms with Gasteiger partial charge in [0, 0.05) is 36.1 Å². The molecule has 3 heterocycles. The van der Waals surface area contributed by atoms with Crippen LogP contribution >= 0.6 is 11.3 Å². The predicted octanol–water partition coefficient (Wildman–Crippen LogP) is 5.59. The number of hydrogen-bond donors (Lipinski definition) is 0. The Bertz CT molecular complexity index is 1220. The largest absolute Gasteiger partial charge is 0.294 e. The molecule has 4 nitrogen and oxygen atoms in total. The Kier molecular flexibility index (Phi) is 4.48. The first-order valence-corrected chi connectivity index (χ1v) is 10.2. The Morgan fingerprint density at radius 2 is 1.86 bits per heavy atom. The number of nitrogens with zero attached hydrogens (tertiary/aromatic N) is 3. The molecule has 142 valence electrons. The highest BCUT2D eigenvalue weighted by atomic mass is 32.1. The fraction of sp³-hybridized carbons (Fsp3) is 0.130. The molecule has 0 saturated carbocycles. The maximum atomic E-state index is 14.3. The number of halogens is 1. The highest BCUT2D eigenvalue weighted by molar-refractivity contribution is 7.18. The summed E-state index contributed by atoms with van der Waals surface area (Å²) in [5.41, 5.74) is 4.72. The molecular weight excluding hydrogens is 385 g/mol. The lowest BCUT2D eigenvalue weighted by molar-refractivity contribution is 0.0971. The number of rotatable bonds is 3. The van der Waals surface area contributed by atoms with Crippen LogP contribution in [0.5, 0.6) is 0 Å². The molecule has 6 heteroatoms. The van der Waals surface area contributed by atoms with Gasteiger partial charge in [-0.25, -0.2) is 14.4 Å². The van der Waals surface area contributed by atoms with Gasteiger partial charge in [0.05, 0.1) is 16.3 Å². The standard InChI is InChI=1S/C23H16FN3OS/c24-17-10-15(14-3-2-8-25-12-14)9-16(11-17)22-13-26-23(29-22)20-7-6-18-19(27-20)4-1-5-21(18)28/h2-3,6-13H,1,4-5H2. The van der Waals surface area contributed by atoms with E-state index in [1.807, 2.05) is 30.3 Å². The lowest BCUT2D eigenvalue weighted by Crippen LogP contribution is -2.12. The zero-order chi connectivity index (χ0) is 19.8. The summed E-state index contributed by atoms with van der Waals surface area (Å²) in [5.74, 6) is -0.144. The SMILES string of the molecule is O=C1CCCc2nc(-c3ncc(-c4cc(F)cc(-c5cccnc5)c4)s3)ccc21. The molecule has 1 aromatic carbocycles. The van der Waals surface area contributed by atoms with Crippen molar-refractivity contribution in [3.63, 3.8) is 0 Å². The Hall–Kier alpha value is -3.25. The topological polar surface area (TPSA) is 55.7 Å². The summed E-state index contributed by atoms with van der Waals surface area (Å²) in [5, 5.41) is 0.757. The van der Waals surface area contributed by atoms with Crippen molar-refractivity contribution in [2.45, 2.75) is 19.3 Å². The summed E-state index contributed by atoms with van der Waals surface area (Å²) >= 11 is 1.46. The highest BCUT2D eigenvalue weighted by Crippen LogP contribution is 2.34. The van der Waals surface area contributed by atoms with Gasteiger partial charge in [0.1, 0.15) is 10.8 Å². The maximum Gasteiger partial charge on any atom is 0.164 e. The molecule has 0 N–H and O–H groups in total. The van der Waals surface area contributed by atoms with Crippen molar-refractivity contribution >= 4 is 17.1 Å². The molecule has 1 aliphatic carbocycles. The smallest absolute Gasteiger partial charge is 0.164 e. The van der Waals surface area contributed by atoms with Crippen LogP contribution in [0.25, 0.3) is 32.3 Å². The molecule has 1 aliphatic rings. The van der Waals surface area contributed by atoms with Crippen molar-refractivity contribution in [3.05, 3.63) is 78.1 Å². The van der Waals surface area contributed by atoms with E-state index in [4.69, 9.17) is 0 Å². The van der Waals surface area contributed by atoms with E-state index >= 15 is 0 Å². The Labute approximate surface area is 171 Å². The van der Waals surface area contributed by atoms with Crippen LogP contribution in [0.1, 0.15) is 28.9 Å². The van der Waals surface area contributed by atoms with Gasteiger partial charge in [-0.05, 0) is 60.4 Å². The van der Waals surface area contributed by atoms with E-state index in [0.717, 1.165) is 56.4 Å². The van der Waals surface area contributed by atoms with E-state index in [-0.39, 0.29) is 11.6 Å². The third-order valence-corrected chi connectivity index (χ3v) is 6.06. The summed E-state index contributed by atoms with van der Waals surface area (Å²) < 4.78 is 14.3. The van der Waals surface area contributed by atoms with Gasteiger partial charge < -0.3 is 0 Å². The van der Waals surface area contributed by atoms with Crippen LogP contribution < -0.4 is 0 Å². The van der Waals surface area contributed by atoms with Crippen LogP contribution in [-0.2, 0) is 6.42 Å². The number of aryl methyl sites for hydroxylation is 1. The minimum atomic E-state index is -0.304. The minimum Gasteiger partial charge on any atom is -0.294 e. The number of benzene rings is 1. The highest BCUT2D eigenvalue weighted by Gasteiger charge is 2.19. The van der Waals surface area contributed by atoms with E-state index in [0.29, 0.717) is 6.42 Å². The third-order valence-electron chi connectivity index (χ3n) is 4.99. The van der Waals surface area contributed by atoms with Crippen molar-refractivity contribution in [1.29, 1.82) is 0 Å². The number of ketones is 1. The average Bonchev–Trinajstić information content (AvgIpc) is 3.24. The second kappa shape index (κ2) is 7.29. The summed E-state index contributed by atoms with van der Waals surface area (Å²) in [6, 6.07) is 12.4. The van der Waals surface area contributed by atoms with Crippen LogP contribution in [0, 0.1) is 5.82 Å². The number of hydrogen-bond acceptors (Lipinski definition) is 5. The van der Waals surface area contributed by atoms with Crippen LogP contribution in [0.4, 0.5) is 4.39 Å². The van der Waals surface area contributed by atoms with Crippen LogP contribution in [0.3, 0.4) is 0 Å². The van der Waals surface area contributed by atoms with Gasteiger partial charge in [-0.1, -0.05) is 6.07 Å². The van der Waals surface area contributed by atoms with Crippen molar-refractivity contribution in [2.75, 3.05) is 0 Å². The molecule has 0 spiro atoms. The molecular formula is C23H16FN3OS. The first-order chi connectivity index (χ1) is 14.2. The molecule has 0 radical (unpaired) electrons. The molecule has 5 rings (SSSR count). The van der Waals surface area contributed by atoms with E-state index in [9.17, 15) is 9.18 Å². The number of aromatic nitrogens is 3. The van der Waals surface area contributed by atoms with Crippen LogP contribution in [0.2, 0.25) is 0 Å². The predicted molar refractivity (Wildman–Crippen MR) is 111 cm³/mol. The minimum absolute atomic E-state index is 0.160. The van der Waals surface area contributed by atoms with Crippen LogP contribution in [0.15, 0.2) is 61.1 Å². The Balaban J connectivity index is 1.51. The van der Waals surface area contributed by atoms with Gasteiger partial charge in [0.15, 0.2) is 5.78 Å². The summed E-state index contributed by atoms with van der Waals surface area (Å²) in [6.07, 6.45) is 7.40. The van der Waals surface area contributed by atoms with E-state index < -0.39 is 0 Å². The first kappa shape index (κ1) is 17.8.